The minimum absolute atomic E-state index is 0.0388. The van der Waals surface area contributed by atoms with Crippen molar-refractivity contribution in [3.05, 3.63) is 75.3 Å². The van der Waals surface area contributed by atoms with E-state index in [4.69, 9.17) is 16.3 Å². The predicted octanol–water partition coefficient (Wildman–Crippen LogP) is 4.75. The van der Waals surface area contributed by atoms with Crippen LogP contribution in [0, 0.1) is 11.6 Å². The number of benzene rings is 2. The highest BCUT2D eigenvalue weighted by Crippen LogP contribution is 2.40. The Morgan fingerprint density at radius 3 is 2.47 bits per heavy atom. The molecule has 1 aliphatic rings. The molecule has 0 aliphatic carbocycles. The Bertz CT molecular complexity index is 1250. The molecule has 0 N–H and O–H groups in total. The van der Waals surface area contributed by atoms with Gasteiger partial charge in [-0.25, -0.2) is 23.2 Å². The maximum Gasteiger partial charge on any atom is 0.417 e. The van der Waals surface area contributed by atoms with Gasteiger partial charge in [-0.15, -0.1) is 5.10 Å². The Morgan fingerprint density at radius 1 is 1.16 bits per heavy atom. The summed E-state index contributed by atoms with van der Waals surface area (Å²) in [4.78, 5) is 20.1. The van der Waals surface area contributed by atoms with E-state index in [0.717, 1.165) is 28.9 Å². The fourth-order valence-corrected chi connectivity index (χ4v) is 3.62. The second-order valence-corrected chi connectivity index (χ2v) is 6.94. The van der Waals surface area contributed by atoms with Crippen LogP contribution in [0.25, 0.3) is 5.69 Å². The summed E-state index contributed by atoms with van der Waals surface area (Å²) in [5.41, 5.74) is -2.79. The van der Waals surface area contributed by atoms with E-state index in [1.807, 2.05) is 0 Å². The molecule has 4 rings (SSSR count). The van der Waals surface area contributed by atoms with E-state index in [-0.39, 0.29) is 30.5 Å². The van der Waals surface area contributed by atoms with Crippen LogP contribution in [-0.4, -0.2) is 33.1 Å². The summed E-state index contributed by atoms with van der Waals surface area (Å²) in [6.45, 7) is 1.28. The lowest BCUT2D eigenvalue weighted by Gasteiger charge is -2.17. The molecule has 3 aromatic rings. The lowest BCUT2D eigenvalue weighted by molar-refractivity contribution is -0.137. The second kappa shape index (κ2) is 7.97. The monoisotopic (exact) mass is 470 g/mol. The number of alkyl halides is 3. The third-order valence-electron chi connectivity index (χ3n) is 4.60. The first kappa shape index (κ1) is 21.9. The van der Waals surface area contributed by atoms with Gasteiger partial charge in [-0.2, -0.15) is 13.2 Å². The molecule has 32 heavy (non-hydrogen) atoms. The summed E-state index contributed by atoms with van der Waals surface area (Å²) >= 11 is 6.12. The number of esters is 1. The van der Waals surface area contributed by atoms with Gasteiger partial charge in [0.25, 0.3) is 5.82 Å². The number of carbonyl (C=O) groups is 1. The molecular weight excluding hydrogens is 459 g/mol. The number of aliphatic imine (C=N–C) groups is 1. The van der Waals surface area contributed by atoms with E-state index >= 15 is 0 Å². The van der Waals surface area contributed by atoms with Gasteiger partial charge in [0.05, 0.1) is 40.7 Å². The van der Waals surface area contributed by atoms with Gasteiger partial charge in [0.15, 0.2) is 5.82 Å². The smallest absolute Gasteiger partial charge is 0.417 e. The van der Waals surface area contributed by atoms with Gasteiger partial charge in [-0.3, -0.25) is 4.99 Å². The molecule has 0 fully saturated rings. The zero-order valence-corrected chi connectivity index (χ0v) is 16.9. The number of nitrogens with zero attached hydrogens (tertiary/aromatic N) is 4. The van der Waals surface area contributed by atoms with Crippen molar-refractivity contribution in [3.8, 4) is 5.69 Å². The van der Waals surface area contributed by atoms with Crippen molar-refractivity contribution in [1.82, 2.24) is 14.8 Å². The Balaban J connectivity index is 2.02. The second-order valence-electron chi connectivity index (χ2n) is 6.56. The lowest BCUT2D eigenvalue weighted by Crippen LogP contribution is -2.16. The van der Waals surface area contributed by atoms with Gasteiger partial charge in [0, 0.05) is 5.56 Å². The van der Waals surface area contributed by atoms with E-state index in [0.29, 0.717) is 6.07 Å². The van der Waals surface area contributed by atoms with E-state index in [1.54, 1.807) is 6.92 Å². The molecule has 0 bridgehead atoms. The summed E-state index contributed by atoms with van der Waals surface area (Å²) in [7, 11) is 0. The molecule has 0 saturated carbocycles. The molecule has 0 spiro atoms. The Labute approximate surface area is 182 Å². The number of hydrogen-bond acceptors (Lipinski definition) is 5. The normalized spacial score (nSPS) is 13.2. The number of aromatic nitrogens is 3. The van der Waals surface area contributed by atoms with Crippen LogP contribution in [0.1, 0.15) is 40.1 Å². The third kappa shape index (κ3) is 3.62. The summed E-state index contributed by atoms with van der Waals surface area (Å²) in [5, 5.41) is 3.19. The molecule has 1 aliphatic heterocycles. The Hall–Kier alpha value is -3.34. The topological polar surface area (TPSA) is 69.4 Å². The molecule has 2 aromatic carbocycles. The minimum atomic E-state index is -4.85. The van der Waals surface area contributed by atoms with Gasteiger partial charge < -0.3 is 4.74 Å². The molecule has 1 aromatic heterocycles. The molecule has 0 saturated heterocycles. The van der Waals surface area contributed by atoms with Gasteiger partial charge in [0.1, 0.15) is 11.6 Å². The standard InChI is InChI=1S/C20H12ClF5N4O2/c1-2-32-19(31)18-28-13-8-27-17(14-10(22)4-3-5-11(14)23)15-12(30(13)29-18)7-6-9(16(15)21)20(24,25)26/h3-7H,2,8H2,1H3. The van der Waals surface area contributed by atoms with Gasteiger partial charge in [0.2, 0.25) is 0 Å². The summed E-state index contributed by atoms with van der Waals surface area (Å²) in [6.07, 6.45) is -4.85. The van der Waals surface area contributed by atoms with Crippen molar-refractivity contribution >= 4 is 23.3 Å². The largest absolute Gasteiger partial charge is 0.460 e. The highest BCUT2D eigenvalue weighted by molar-refractivity contribution is 6.37. The fraction of sp³-hybridized carbons (Fsp3) is 0.200. The highest BCUT2D eigenvalue weighted by atomic mass is 35.5. The number of hydrogen-bond donors (Lipinski definition) is 0. The van der Waals surface area contributed by atoms with Crippen LogP contribution in [0.3, 0.4) is 0 Å². The van der Waals surface area contributed by atoms with E-state index < -0.39 is 51.2 Å². The Morgan fingerprint density at radius 2 is 1.84 bits per heavy atom. The maximum absolute atomic E-state index is 14.6. The molecule has 0 unspecified atom stereocenters. The lowest BCUT2D eigenvalue weighted by atomic mass is 9.97. The van der Waals surface area contributed by atoms with Crippen molar-refractivity contribution in [2.45, 2.75) is 19.6 Å². The molecule has 166 valence electrons. The van der Waals surface area contributed by atoms with E-state index in [1.165, 1.54) is 0 Å². The number of rotatable bonds is 3. The van der Waals surface area contributed by atoms with Crippen molar-refractivity contribution < 1.29 is 31.5 Å². The van der Waals surface area contributed by atoms with E-state index in [9.17, 15) is 26.7 Å². The SMILES string of the molecule is CCOC(=O)c1nc2n(n1)-c1ccc(C(F)(F)F)c(Cl)c1C(c1c(F)cccc1F)=NC2. The van der Waals surface area contributed by atoms with Crippen LogP contribution in [0.2, 0.25) is 5.02 Å². The van der Waals surface area contributed by atoms with Gasteiger partial charge >= 0.3 is 12.1 Å². The summed E-state index contributed by atoms with van der Waals surface area (Å²) in [5.74, 6) is -3.24. The predicted molar refractivity (Wildman–Crippen MR) is 103 cm³/mol. The highest BCUT2D eigenvalue weighted by Gasteiger charge is 2.37. The molecule has 0 radical (unpaired) electrons. The van der Waals surface area contributed by atoms with Crippen LogP contribution in [0.5, 0.6) is 0 Å². The first-order chi connectivity index (χ1) is 15.1. The zero-order chi connectivity index (χ0) is 23.2. The quantitative estimate of drug-likeness (QED) is 0.409. The average molecular weight is 471 g/mol. The molecule has 0 amide bonds. The van der Waals surface area contributed by atoms with Crippen molar-refractivity contribution in [3.63, 3.8) is 0 Å². The number of fused-ring (bicyclic) bond motifs is 3. The van der Waals surface area contributed by atoms with Crippen molar-refractivity contribution in [1.29, 1.82) is 0 Å². The molecule has 6 nitrogen and oxygen atoms in total. The van der Waals surface area contributed by atoms with Crippen LogP contribution in [0.4, 0.5) is 22.0 Å². The first-order valence-corrected chi connectivity index (χ1v) is 9.53. The maximum atomic E-state index is 14.6. The third-order valence-corrected chi connectivity index (χ3v) is 4.99. The Kier molecular flexibility index (Phi) is 5.45. The van der Waals surface area contributed by atoms with Crippen molar-refractivity contribution in [2.24, 2.45) is 4.99 Å². The molecule has 12 heteroatoms. The van der Waals surface area contributed by atoms with Crippen LogP contribution in [-0.2, 0) is 17.5 Å². The van der Waals surface area contributed by atoms with Crippen LogP contribution >= 0.6 is 11.6 Å². The zero-order valence-electron chi connectivity index (χ0n) is 16.2. The van der Waals surface area contributed by atoms with Crippen LogP contribution in [0.15, 0.2) is 35.3 Å². The minimum Gasteiger partial charge on any atom is -0.460 e. The van der Waals surface area contributed by atoms with Crippen LogP contribution < -0.4 is 0 Å². The van der Waals surface area contributed by atoms with E-state index in [2.05, 4.69) is 15.1 Å². The number of halogens is 6. The number of ether oxygens (including phenoxy) is 1. The number of carbonyl (C=O) groups excluding carboxylic acids is 1. The van der Waals surface area contributed by atoms with Gasteiger partial charge in [-0.05, 0) is 31.2 Å². The first-order valence-electron chi connectivity index (χ1n) is 9.15. The summed E-state index contributed by atoms with van der Waals surface area (Å²) in [6, 6.07) is 4.73. The van der Waals surface area contributed by atoms with Crippen molar-refractivity contribution in [2.75, 3.05) is 6.61 Å². The summed E-state index contributed by atoms with van der Waals surface area (Å²) < 4.78 is 75.6. The molecular formula is C20H12ClF5N4O2. The van der Waals surface area contributed by atoms with Gasteiger partial charge in [-0.1, -0.05) is 17.7 Å². The average Bonchev–Trinajstić information content (AvgIpc) is 3.07. The molecule has 0 atom stereocenters. The fourth-order valence-electron chi connectivity index (χ4n) is 3.27. The molecule has 2 heterocycles.